The highest BCUT2D eigenvalue weighted by molar-refractivity contribution is 5.99. The van der Waals surface area contributed by atoms with Crippen LogP contribution in [0.2, 0.25) is 0 Å². The molecule has 1 aliphatic heterocycles. The molecule has 1 saturated heterocycles. The highest BCUT2D eigenvalue weighted by atomic mass is 16.4. The number of benzene rings is 2. The maximum absolute atomic E-state index is 14.4. The van der Waals surface area contributed by atoms with E-state index in [0.717, 1.165) is 25.7 Å². The summed E-state index contributed by atoms with van der Waals surface area (Å²) < 4.78 is 0. The number of nitrogens with zero attached hydrogens (tertiary/aromatic N) is 3. The van der Waals surface area contributed by atoms with Gasteiger partial charge in [0.2, 0.25) is 53.2 Å². The van der Waals surface area contributed by atoms with Crippen LogP contribution in [0, 0.1) is 0 Å². The second-order valence-electron chi connectivity index (χ2n) is 19.9. The van der Waals surface area contributed by atoms with Crippen LogP contribution in [0.1, 0.15) is 69.0 Å². The van der Waals surface area contributed by atoms with Crippen molar-refractivity contribution in [2.45, 2.75) is 145 Å². The summed E-state index contributed by atoms with van der Waals surface area (Å²) in [5.41, 5.74) is 13.1. The first-order valence-corrected chi connectivity index (χ1v) is 26.1. The van der Waals surface area contributed by atoms with Gasteiger partial charge in [0, 0.05) is 62.4 Å². The number of nitrogens with two attached hydrogens (primary N) is 2. The lowest BCUT2D eigenvalue weighted by Crippen LogP contribution is -2.63. The van der Waals surface area contributed by atoms with Gasteiger partial charge in [0.1, 0.15) is 53.8 Å². The standard InChI is InChI=1S/C52H70N14O16/c1-25(67)41(50(79)64-42(26(2)68)51(80)66-16-4-5-39(66)49(78)62-37(18-29-8-12-33(71)13-9-29)48(77)65-43(27(3)69)52(81)82)63-47(76)36(17-28-6-10-32(70)11-7-28)60-46(75)38(20-31-22-56-24-58-31)61-45(74)35(14-15-40(54)72)59-44(73)34(53)19-30-21-55-23-57-30/h6-13,21-27,34-39,41-43,67-71H,4-5,14-20,53H2,1-3H3,(H2,54,72)(H,55,57)(H,56,58)(H,59,73)(H,60,75)(H,61,74)(H,62,78)(H,63,76)(H,64,79)(H,65,77)(H,81,82)/t25-,26-,27-,34+,35+,36+,37+,38+,39+,41+,42+,43+/m1/s1. The van der Waals surface area contributed by atoms with Gasteiger partial charge in [0.05, 0.1) is 37.0 Å². The fraction of sp³-hybridized carbons (Fsp3) is 0.462. The number of hydrogen-bond acceptors (Lipinski definition) is 18. The van der Waals surface area contributed by atoms with Crippen molar-refractivity contribution < 1.29 is 78.6 Å². The van der Waals surface area contributed by atoms with Gasteiger partial charge >= 0.3 is 5.97 Å². The summed E-state index contributed by atoms with van der Waals surface area (Å²) in [6.45, 7) is 3.32. The Hall–Kier alpha value is -9.00. The van der Waals surface area contributed by atoms with Gasteiger partial charge in [-0.15, -0.1) is 0 Å². The van der Waals surface area contributed by atoms with Gasteiger partial charge in [-0.05, 0) is 75.4 Å². The maximum atomic E-state index is 14.4. The summed E-state index contributed by atoms with van der Waals surface area (Å²) in [4.78, 5) is 150. The average molecular weight is 1150 g/mol. The number of carbonyl (C=O) groups is 10. The number of phenols is 2. The molecule has 19 N–H and O–H groups in total. The number of aliphatic carboxylic acids is 1. The normalized spacial score (nSPS) is 17.1. The largest absolute Gasteiger partial charge is 0.508 e. The number of hydrogen-bond donors (Lipinski definition) is 17. The third-order valence-electron chi connectivity index (χ3n) is 13.3. The number of aromatic amines is 2. The monoisotopic (exact) mass is 1150 g/mol. The van der Waals surface area contributed by atoms with Gasteiger partial charge < -0.3 is 94.2 Å². The summed E-state index contributed by atoms with van der Waals surface area (Å²) in [6.07, 6.45) is -0.820. The van der Waals surface area contributed by atoms with Crippen LogP contribution in [0.4, 0.5) is 0 Å². The lowest BCUT2D eigenvalue weighted by Gasteiger charge is -2.32. The molecule has 1 aliphatic rings. The van der Waals surface area contributed by atoms with E-state index in [-0.39, 0.29) is 69.4 Å². The van der Waals surface area contributed by atoms with E-state index in [2.05, 4.69) is 57.2 Å². The van der Waals surface area contributed by atoms with Crippen molar-refractivity contribution in [3.05, 3.63) is 96.1 Å². The summed E-state index contributed by atoms with van der Waals surface area (Å²) in [6, 6.07) is -3.20. The number of phenolic OH excluding ortho intramolecular Hbond substituents is 2. The van der Waals surface area contributed by atoms with Gasteiger partial charge in [0.15, 0.2) is 6.04 Å². The van der Waals surface area contributed by atoms with Crippen LogP contribution < -0.4 is 48.7 Å². The van der Waals surface area contributed by atoms with Gasteiger partial charge in [-0.2, -0.15) is 0 Å². The highest BCUT2D eigenvalue weighted by Gasteiger charge is 2.42. The average Bonchev–Trinajstić information content (AvgIpc) is 4.44. The number of aromatic hydroxyl groups is 2. The van der Waals surface area contributed by atoms with Crippen LogP contribution in [0.25, 0.3) is 0 Å². The highest BCUT2D eigenvalue weighted by Crippen LogP contribution is 2.21. The molecule has 0 radical (unpaired) electrons. The van der Waals surface area contributed by atoms with Crippen molar-refractivity contribution in [2.24, 2.45) is 11.5 Å². The Balaban J connectivity index is 1.35. The van der Waals surface area contributed by atoms with Gasteiger partial charge in [0.25, 0.3) is 0 Å². The Kier molecular flexibility index (Phi) is 23.3. The molecule has 0 bridgehead atoms. The number of aromatic nitrogens is 4. The fourth-order valence-electron chi connectivity index (χ4n) is 8.77. The van der Waals surface area contributed by atoms with Gasteiger partial charge in [-0.3, -0.25) is 43.2 Å². The van der Waals surface area contributed by atoms with E-state index in [1.54, 1.807) is 0 Å². The Bertz CT molecular complexity index is 2830. The van der Waals surface area contributed by atoms with E-state index in [1.165, 1.54) is 73.6 Å². The van der Waals surface area contributed by atoms with Crippen LogP contribution in [0.15, 0.2) is 73.6 Å². The van der Waals surface area contributed by atoms with Gasteiger partial charge in [-0.1, -0.05) is 24.3 Å². The first-order valence-electron chi connectivity index (χ1n) is 26.1. The zero-order valence-corrected chi connectivity index (χ0v) is 45.0. The molecule has 3 heterocycles. The molecule has 0 saturated carbocycles. The van der Waals surface area contributed by atoms with E-state index >= 15 is 0 Å². The number of imidazole rings is 2. The predicted molar refractivity (Wildman–Crippen MR) is 286 cm³/mol. The van der Waals surface area contributed by atoms with Crippen molar-refractivity contribution >= 4 is 59.1 Å². The Morgan fingerprint density at radius 1 is 0.585 bits per heavy atom. The maximum Gasteiger partial charge on any atom is 0.328 e. The zero-order chi connectivity index (χ0) is 60.4. The number of nitrogens with one attached hydrogen (secondary N) is 9. The van der Waals surface area contributed by atoms with E-state index in [1.807, 2.05) is 0 Å². The first kappa shape index (κ1) is 63.8. The molecular weight excluding hydrogens is 1080 g/mol. The molecule has 2 aromatic carbocycles. The van der Waals surface area contributed by atoms with E-state index in [4.69, 9.17) is 11.5 Å². The third-order valence-corrected chi connectivity index (χ3v) is 13.3. The Labute approximate surface area is 469 Å². The molecule has 4 aromatic rings. The molecule has 30 heteroatoms. The minimum atomic E-state index is -1.91. The molecule has 2 aromatic heterocycles. The summed E-state index contributed by atoms with van der Waals surface area (Å²) >= 11 is 0. The van der Waals surface area contributed by atoms with E-state index in [9.17, 15) is 78.6 Å². The van der Waals surface area contributed by atoms with Crippen molar-refractivity contribution in [3.63, 3.8) is 0 Å². The fourth-order valence-corrected chi connectivity index (χ4v) is 8.77. The van der Waals surface area contributed by atoms with Crippen LogP contribution in [-0.4, -0.2) is 194 Å². The lowest BCUT2D eigenvalue weighted by atomic mass is 10.0. The molecule has 0 unspecified atom stereocenters. The number of carboxylic acids is 1. The molecule has 5 rings (SSSR count). The summed E-state index contributed by atoms with van der Waals surface area (Å²) in [5.74, 6) is -10.6. The lowest BCUT2D eigenvalue weighted by molar-refractivity contribution is -0.146. The van der Waals surface area contributed by atoms with Crippen LogP contribution in [0.5, 0.6) is 11.5 Å². The van der Waals surface area contributed by atoms with Crippen LogP contribution >= 0.6 is 0 Å². The Morgan fingerprint density at radius 3 is 1.50 bits per heavy atom. The minimum Gasteiger partial charge on any atom is -0.508 e. The number of H-pyrrole nitrogens is 2. The number of rotatable bonds is 30. The number of aliphatic hydroxyl groups excluding tert-OH is 3. The quantitative estimate of drug-likeness (QED) is 0.0232. The second-order valence-corrected chi connectivity index (χ2v) is 19.9. The molecule has 30 nitrogen and oxygen atoms in total. The molecular formula is C52H70N14O16. The summed E-state index contributed by atoms with van der Waals surface area (Å²) in [5, 5.41) is 78.5. The number of aliphatic hydroxyl groups is 3. The predicted octanol–water partition coefficient (Wildman–Crippen LogP) is -4.98. The Morgan fingerprint density at radius 2 is 1.02 bits per heavy atom. The summed E-state index contributed by atoms with van der Waals surface area (Å²) in [7, 11) is 0. The molecule has 12 atom stereocenters. The molecule has 0 aliphatic carbocycles. The number of likely N-dealkylation sites (tertiary alicyclic amines) is 1. The topological polar surface area (TPSA) is 489 Å². The zero-order valence-electron chi connectivity index (χ0n) is 45.0. The minimum absolute atomic E-state index is 0.00890. The van der Waals surface area contributed by atoms with Crippen molar-refractivity contribution in [3.8, 4) is 11.5 Å². The molecule has 0 spiro atoms. The van der Waals surface area contributed by atoms with Crippen molar-refractivity contribution in [1.82, 2.24) is 62.1 Å². The van der Waals surface area contributed by atoms with Gasteiger partial charge in [-0.25, -0.2) is 14.8 Å². The van der Waals surface area contributed by atoms with Crippen LogP contribution in [0.3, 0.4) is 0 Å². The van der Waals surface area contributed by atoms with Crippen molar-refractivity contribution in [1.29, 1.82) is 0 Å². The smallest absolute Gasteiger partial charge is 0.328 e. The molecule has 444 valence electrons. The number of primary amides is 1. The number of amides is 9. The van der Waals surface area contributed by atoms with Crippen molar-refractivity contribution in [2.75, 3.05) is 6.54 Å². The third kappa shape index (κ3) is 18.8. The van der Waals surface area contributed by atoms with E-state index < -0.39 is 132 Å². The second kappa shape index (κ2) is 30.0. The molecule has 82 heavy (non-hydrogen) atoms. The number of carboxylic acid groups (broad SMARTS) is 1. The van der Waals surface area contributed by atoms with Crippen LogP contribution in [-0.2, 0) is 73.6 Å². The first-order chi connectivity index (χ1) is 38.8. The van der Waals surface area contributed by atoms with E-state index in [0.29, 0.717) is 22.5 Å². The SMILES string of the molecule is C[C@@H](O)[C@H](NC(=O)[C@H](Cc1ccc(O)cc1)NC(=O)[C@@H]1CCCN1C(=O)[C@@H](NC(=O)[C@@H](NC(=O)[C@H](Cc1ccc(O)cc1)NC(=O)[C@H](Cc1cnc[nH]1)NC(=O)[C@H](CCC(N)=O)NC(=O)[C@@H](N)Cc1cnc[nH]1)[C@@H](C)O)[C@@H](C)O)C(=O)O. The molecule has 1 fully saturated rings. The molecule has 9 amide bonds. The number of carbonyl (C=O) groups excluding carboxylic acids is 9.